The highest BCUT2D eigenvalue weighted by molar-refractivity contribution is 5.96. The van der Waals surface area contributed by atoms with Crippen molar-refractivity contribution in [2.75, 3.05) is 26.2 Å². The molecule has 0 radical (unpaired) electrons. The number of nitrogens with zero attached hydrogens (tertiary/aromatic N) is 5. The van der Waals surface area contributed by atoms with E-state index < -0.39 is 0 Å². The van der Waals surface area contributed by atoms with Gasteiger partial charge in [0.1, 0.15) is 6.04 Å². The van der Waals surface area contributed by atoms with Gasteiger partial charge in [0, 0.05) is 38.4 Å². The number of aromatic nitrogens is 2. The number of hydrogen-bond donors (Lipinski definition) is 0. The molecule has 1 unspecified atom stereocenters. The molecular formula is C18H29N5O. The molecule has 0 bridgehead atoms. The molecule has 1 aliphatic heterocycles. The lowest BCUT2D eigenvalue weighted by molar-refractivity contribution is 0.0575. The number of aryl methyl sites for hydroxylation is 2. The summed E-state index contributed by atoms with van der Waals surface area (Å²) in [6.45, 7) is 13.8. The summed E-state index contributed by atoms with van der Waals surface area (Å²) in [4.78, 5) is 17.0. The van der Waals surface area contributed by atoms with Gasteiger partial charge in [-0.05, 0) is 26.2 Å². The summed E-state index contributed by atoms with van der Waals surface area (Å²) in [5.41, 5.74) is 2.52. The standard InChI is InChI=1S/C18H29N5O/c1-6-7-23-15(5)17(14(4)20-23)18(24)22-10-8-21(9-11-22)16(12-19)13(2)3/h13,16H,6-11H2,1-5H3. The number of hydrogen-bond acceptors (Lipinski definition) is 4. The molecule has 1 aromatic heterocycles. The molecule has 1 aliphatic rings. The van der Waals surface area contributed by atoms with Gasteiger partial charge in [0.05, 0.1) is 17.3 Å². The number of amides is 1. The van der Waals surface area contributed by atoms with Crippen LogP contribution in [0.5, 0.6) is 0 Å². The zero-order valence-corrected chi connectivity index (χ0v) is 15.5. The molecule has 1 amide bonds. The van der Waals surface area contributed by atoms with Crippen LogP contribution in [-0.2, 0) is 6.54 Å². The average Bonchev–Trinajstić information content (AvgIpc) is 2.82. The molecule has 6 heteroatoms. The zero-order chi connectivity index (χ0) is 17.9. The molecule has 0 spiro atoms. The molecule has 1 atom stereocenters. The van der Waals surface area contributed by atoms with Crippen molar-refractivity contribution in [2.24, 2.45) is 5.92 Å². The van der Waals surface area contributed by atoms with Crippen molar-refractivity contribution in [3.8, 4) is 6.07 Å². The predicted molar refractivity (Wildman–Crippen MR) is 93.7 cm³/mol. The normalized spacial score (nSPS) is 17.1. The second-order valence-corrected chi connectivity index (χ2v) is 6.92. The SMILES string of the molecule is CCCn1nc(C)c(C(=O)N2CCN(C(C#N)C(C)C)CC2)c1C. The maximum atomic E-state index is 12.9. The molecule has 0 aliphatic carbocycles. The summed E-state index contributed by atoms with van der Waals surface area (Å²) < 4.78 is 1.93. The van der Waals surface area contributed by atoms with Gasteiger partial charge in [-0.15, -0.1) is 0 Å². The number of carbonyl (C=O) groups excluding carboxylic acids is 1. The molecule has 2 rings (SSSR count). The van der Waals surface area contributed by atoms with Crippen LogP contribution in [0.4, 0.5) is 0 Å². The lowest BCUT2D eigenvalue weighted by Crippen LogP contribution is -2.53. The summed E-state index contributed by atoms with van der Waals surface area (Å²) in [6.07, 6.45) is 0.999. The molecule has 132 valence electrons. The minimum atomic E-state index is -0.0713. The summed E-state index contributed by atoms with van der Waals surface area (Å²) in [5, 5.41) is 13.9. The van der Waals surface area contributed by atoms with Crippen molar-refractivity contribution >= 4 is 5.91 Å². The first-order valence-electron chi connectivity index (χ1n) is 8.87. The zero-order valence-electron chi connectivity index (χ0n) is 15.5. The summed E-state index contributed by atoms with van der Waals surface area (Å²) >= 11 is 0. The molecular weight excluding hydrogens is 302 g/mol. The van der Waals surface area contributed by atoms with Crippen molar-refractivity contribution in [1.82, 2.24) is 19.6 Å². The highest BCUT2D eigenvalue weighted by Gasteiger charge is 2.30. The number of rotatable bonds is 5. The Bertz CT molecular complexity index is 620. The van der Waals surface area contributed by atoms with Crippen LogP contribution < -0.4 is 0 Å². The molecule has 6 nitrogen and oxygen atoms in total. The van der Waals surface area contributed by atoms with Crippen LogP contribution >= 0.6 is 0 Å². The van der Waals surface area contributed by atoms with Gasteiger partial charge in [-0.3, -0.25) is 14.4 Å². The van der Waals surface area contributed by atoms with Gasteiger partial charge in [0.2, 0.25) is 0 Å². The highest BCUT2D eigenvalue weighted by Crippen LogP contribution is 2.19. The third-order valence-electron chi connectivity index (χ3n) is 4.79. The summed E-state index contributed by atoms with van der Waals surface area (Å²) in [6, 6.07) is 2.32. The minimum absolute atomic E-state index is 0.0713. The Morgan fingerprint density at radius 1 is 1.25 bits per heavy atom. The van der Waals surface area contributed by atoms with E-state index in [4.69, 9.17) is 0 Å². The van der Waals surface area contributed by atoms with Gasteiger partial charge in [-0.1, -0.05) is 20.8 Å². The summed E-state index contributed by atoms with van der Waals surface area (Å²) in [5.74, 6) is 0.374. The van der Waals surface area contributed by atoms with E-state index in [1.54, 1.807) is 0 Å². The Morgan fingerprint density at radius 3 is 2.38 bits per heavy atom. The number of nitriles is 1. The van der Waals surface area contributed by atoms with Gasteiger partial charge in [0.25, 0.3) is 5.91 Å². The third kappa shape index (κ3) is 3.62. The van der Waals surface area contributed by atoms with Gasteiger partial charge < -0.3 is 4.90 Å². The molecule has 1 saturated heterocycles. The Kier molecular flexibility index (Phi) is 6.00. The van der Waals surface area contributed by atoms with E-state index in [0.717, 1.165) is 43.0 Å². The Labute approximate surface area is 145 Å². The monoisotopic (exact) mass is 331 g/mol. The fourth-order valence-electron chi connectivity index (χ4n) is 3.45. The second-order valence-electron chi connectivity index (χ2n) is 6.92. The first kappa shape index (κ1) is 18.5. The first-order valence-corrected chi connectivity index (χ1v) is 8.87. The van der Waals surface area contributed by atoms with Gasteiger partial charge >= 0.3 is 0 Å². The van der Waals surface area contributed by atoms with Gasteiger partial charge in [0.15, 0.2) is 0 Å². The van der Waals surface area contributed by atoms with Crippen molar-refractivity contribution in [2.45, 2.75) is 53.6 Å². The lowest BCUT2D eigenvalue weighted by Gasteiger charge is -2.38. The molecule has 0 saturated carbocycles. The Hall–Kier alpha value is -1.87. The van der Waals surface area contributed by atoms with Crippen LogP contribution in [-0.4, -0.2) is 57.7 Å². The molecule has 1 aromatic rings. The van der Waals surface area contributed by atoms with E-state index in [1.165, 1.54) is 0 Å². The Balaban J connectivity index is 2.07. The molecule has 0 aromatic carbocycles. The quantitative estimate of drug-likeness (QED) is 0.830. The number of piperazine rings is 1. The van der Waals surface area contributed by atoms with Crippen LogP contribution in [0.25, 0.3) is 0 Å². The van der Waals surface area contributed by atoms with Crippen LogP contribution in [0.15, 0.2) is 0 Å². The maximum absolute atomic E-state index is 12.9. The van der Waals surface area contributed by atoms with Crippen molar-refractivity contribution in [1.29, 1.82) is 5.26 Å². The van der Waals surface area contributed by atoms with Crippen molar-refractivity contribution in [3.63, 3.8) is 0 Å². The van der Waals surface area contributed by atoms with E-state index in [0.29, 0.717) is 19.0 Å². The highest BCUT2D eigenvalue weighted by atomic mass is 16.2. The predicted octanol–water partition coefficient (Wildman–Crippen LogP) is 2.22. The smallest absolute Gasteiger partial charge is 0.257 e. The minimum Gasteiger partial charge on any atom is -0.336 e. The van der Waals surface area contributed by atoms with Crippen LogP contribution in [0.2, 0.25) is 0 Å². The van der Waals surface area contributed by atoms with Gasteiger partial charge in [-0.2, -0.15) is 10.4 Å². The second kappa shape index (κ2) is 7.80. The fraction of sp³-hybridized carbons (Fsp3) is 0.722. The van der Waals surface area contributed by atoms with E-state index in [9.17, 15) is 10.1 Å². The van der Waals surface area contributed by atoms with Crippen LogP contribution in [0.1, 0.15) is 48.9 Å². The maximum Gasteiger partial charge on any atom is 0.257 e. The van der Waals surface area contributed by atoms with E-state index in [2.05, 4.69) is 36.8 Å². The molecule has 0 N–H and O–H groups in total. The molecule has 2 heterocycles. The lowest BCUT2D eigenvalue weighted by atomic mass is 10.0. The fourth-order valence-corrected chi connectivity index (χ4v) is 3.45. The number of carbonyl (C=O) groups is 1. The first-order chi connectivity index (χ1) is 11.4. The van der Waals surface area contributed by atoms with E-state index in [1.807, 2.05) is 23.4 Å². The van der Waals surface area contributed by atoms with Crippen LogP contribution in [0, 0.1) is 31.1 Å². The van der Waals surface area contributed by atoms with E-state index in [-0.39, 0.29) is 11.9 Å². The van der Waals surface area contributed by atoms with Gasteiger partial charge in [-0.25, -0.2) is 0 Å². The van der Waals surface area contributed by atoms with E-state index >= 15 is 0 Å². The topological polar surface area (TPSA) is 65.2 Å². The van der Waals surface area contributed by atoms with Crippen molar-refractivity contribution < 1.29 is 4.79 Å². The summed E-state index contributed by atoms with van der Waals surface area (Å²) in [7, 11) is 0. The molecule has 1 fully saturated rings. The largest absolute Gasteiger partial charge is 0.336 e. The molecule has 24 heavy (non-hydrogen) atoms. The third-order valence-corrected chi connectivity index (χ3v) is 4.79. The average molecular weight is 331 g/mol. The Morgan fingerprint density at radius 2 is 1.88 bits per heavy atom. The van der Waals surface area contributed by atoms with Crippen LogP contribution in [0.3, 0.4) is 0 Å². The van der Waals surface area contributed by atoms with Crippen molar-refractivity contribution in [3.05, 3.63) is 17.0 Å².